The van der Waals surface area contributed by atoms with E-state index in [1.54, 1.807) is 23.8 Å². The Hall–Kier alpha value is -2.96. The van der Waals surface area contributed by atoms with Gasteiger partial charge in [-0.05, 0) is 38.5 Å². The van der Waals surface area contributed by atoms with Crippen molar-refractivity contribution in [2.24, 2.45) is 0 Å². The first-order valence-corrected chi connectivity index (χ1v) is 7.80. The molecule has 0 aliphatic rings. The van der Waals surface area contributed by atoms with Crippen molar-refractivity contribution in [3.63, 3.8) is 0 Å². The number of carbonyl (C=O) groups is 1. The molecule has 24 heavy (non-hydrogen) atoms. The van der Waals surface area contributed by atoms with Crippen molar-refractivity contribution in [1.29, 1.82) is 0 Å². The summed E-state index contributed by atoms with van der Waals surface area (Å²) in [5.74, 6) is -0.306. The van der Waals surface area contributed by atoms with Gasteiger partial charge in [-0.3, -0.25) is 9.20 Å². The normalized spacial score (nSPS) is 11.1. The largest absolute Gasteiger partial charge is 0.462 e. The molecule has 3 heterocycles. The number of pyridine rings is 2. The fraction of sp³-hybridized carbons (Fsp3) is 0.294. The highest BCUT2D eigenvalue weighted by atomic mass is 16.5. The number of aryl methyl sites for hydroxylation is 2. The van der Waals surface area contributed by atoms with Crippen molar-refractivity contribution in [2.45, 2.75) is 27.3 Å². The summed E-state index contributed by atoms with van der Waals surface area (Å²) < 4.78 is 8.17. The Balaban J connectivity index is 2.45. The SMILES string of the molecule is CCOC(=O)c1cc2c(=O)n3cc(C)ccc3nc2[n+](CC)c1N. The summed E-state index contributed by atoms with van der Waals surface area (Å²) in [6.45, 7) is 6.20. The quantitative estimate of drug-likeness (QED) is 0.444. The summed E-state index contributed by atoms with van der Waals surface area (Å²) in [4.78, 5) is 29.6. The van der Waals surface area contributed by atoms with Crippen LogP contribution in [-0.2, 0) is 11.3 Å². The zero-order valence-corrected chi connectivity index (χ0v) is 13.9. The standard InChI is InChI=1S/C17H18N4O3/c1-4-20-14(18)11(17(23)24-5-2)8-12-15(20)19-13-7-6-10(3)9-21(13)16(12)22/h6-9,18H,4-5H2,1-3H3/p+1. The van der Waals surface area contributed by atoms with Gasteiger partial charge in [-0.1, -0.05) is 11.1 Å². The maximum atomic E-state index is 12.9. The van der Waals surface area contributed by atoms with E-state index in [4.69, 9.17) is 10.5 Å². The number of rotatable bonds is 3. The number of hydrogen-bond acceptors (Lipinski definition) is 5. The minimum Gasteiger partial charge on any atom is -0.462 e. The van der Waals surface area contributed by atoms with Crippen LogP contribution in [-0.4, -0.2) is 22.0 Å². The molecule has 0 saturated heterocycles. The van der Waals surface area contributed by atoms with E-state index in [0.29, 0.717) is 23.2 Å². The van der Waals surface area contributed by atoms with E-state index >= 15 is 0 Å². The summed E-state index contributed by atoms with van der Waals surface area (Å²) in [7, 11) is 0. The molecule has 0 unspecified atom stereocenters. The van der Waals surface area contributed by atoms with E-state index in [1.807, 2.05) is 19.9 Å². The minimum absolute atomic E-state index is 0.178. The maximum absolute atomic E-state index is 12.9. The molecule has 0 aliphatic heterocycles. The first-order valence-electron chi connectivity index (χ1n) is 7.80. The van der Waals surface area contributed by atoms with E-state index in [0.717, 1.165) is 5.56 Å². The number of aromatic nitrogens is 3. The third-order valence-electron chi connectivity index (χ3n) is 3.91. The molecule has 0 saturated carbocycles. The van der Waals surface area contributed by atoms with E-state index in [2.05, 4.69) is 4.98 Å². The van der Waals surface area contributed by atoms with Gasteiger partial charge >= 0.3 is 5.97 Å². The Morgan fingerprint density at radius 2 is 2.12 bits per heavy atom. The number of esters is 1. The highest BCUT2D eigenvalue weighted by Gasteiger charge is 2.24. The second-order valence-electron chi connectivity index (χ2n) is 5.50. The summed E-state index contributed by atoms with van der Waals surface area (Å²) in [5.41, 5.74) is 7.98. The molecular formula is C17H19N4O3+. The third kappa shape index (κ3) is 2.38. The monoisotopic (exact) mass is 327 g/mol. The van der Waals surface area contributed by atoms with Crippen LogP contribution in [0.3, 0.4) is 0 Å². The van der Waals surface area contributed by atoms with Crippen molar-refractivity contribution in [3.8, 4) is 0 Å². The Kier molecular flexibility index (Phi) is 3.92. The van der Waals surface area contributed by atoms with Crippen LogP contribution in [0.5, 0.6) is 0 Å². The molecule has 124 valence electrons. The molecular weight excluding hydrogens is 308 g/mol. The number of fused-ring (bicyclic) bond motifs is 2. The molecule has 0 amide bonds. The topological polar surface area (TPSA) is 90.6 Å². The van der Waals surface area contributed by atoms with Gasteiger partial charge in [0, 0.05) is 6.20 Å². The first-order chi connectivity index (χ1) is 11.5. The average Bonchev–Trinajstić information content (AvgIpc) is 2.55. The predicted octanol–water partition coefficient (Wildman–Crippen LogP) is 1.22. The highest BCUT2D eigenvalue weighted by Crippen LogP contribution is 2.15. The molecule has 3 rings (SSSR count). The zero-order chi connectivity index (χ0) is 17.4. The van der Waals surface area contributed by atoms with Gasteiger partial charge in [0.15, 0.2) is 0 Å². The van der Waals surface area contributed by atoms with E-state index in [1.165, 1.54) is 10.5 Å². The van der Waals surface area contributed by atoms with Crippen LogP contribution in [0.4, 0.5) is 5.82 Å². The lowest BCUT2D eigenvalue weighted by Gasteiger charge is -2.10. The van der Waals surface area contributed by atoms with E-state index < -0.39 is 5.97 Å². The zero-order valence-electron chi connectivity index (χ0n) is 13.9. The molecule has 3 aromatic rings. The van der Waals surface area contributed by atoms with Gasteiger partial charge in [0.25, 0.3) is 11.2 Å². The molecule has 0 aromatic carbocycles. The van der Waals surface area contributed by atoms with Crippen molar-refractivity contribution in [2.75, 3.05) is 12.3 Å². The van der Waals surface area contributed by atoms with Gasteiger partial charge in [0.05, 0.1) is 13.2 Å². The second-order valence-corrected chi connectivity index (χ2v) is 5.50. The van der Waals surface area contributed by atoms with E-state index in [-0.39, 0.29) is 23.5 Å². The number of hydrogen-bond donors (Lipinski definition) is 1. The lowest BCUT2D eigenvalue weighted by molar-refractivity contribution is -0.655. The van der Waals surface area contributed by atoms with E-state index in [9.17, 15) is 9.59 Å². The maximum Gasteiger partial charge on any atom is 0.344 e. The number of carbonyl (C=O) groups excluding carboxylic acids is 1. The molecule has 0 aliphatic carbocycles. The predicted molar refractivity (Wildman–Crippen MR) is 89.9 cm³/mol. The Morgan fingerprint density at radius 3 is 2.79 bits per heavy atom. The molecule has 0 atom stereocenters. The average molecular weight is 327 g/mol. The molecule has 7 nitrogen and oxygen atoms in total. The van der Waals surface area contributed by atoms with Crippen molar-refractivity contribution in [1.82, 2.24) is 9.38 Å². The van der Waals surface area contributed by atoms with Crippen LogP contribution < -0.4 is 15.9 Å². The fourth-order valence-corrected chi connectivity index (χ4v) is 2.75. The van der Waals surface area contributed by atoms with Crippen LogP contribution >= 0.6 is 0 Å². The Morgan fingerprint density at radius 1 is 1.38 bits per heavy atom. The van der Waals surface area contributed by atoms with Crippen LogP contribution in [0.25, 0.3) is 16.7 Å². The number of nitrogen functional groups attached to an aromatic ring is 1. The smallest absolute Gasteiger partial charge is 0.344 e. The molecule has 0 radical (unpaired) electrons. The number of ether oxygens (including phenoxy) is 1. The van der Waals surface area contributed by atoms with Crippen molar-refractivity contribution < 1.29 is 14.1 Å². The van der Waals surface area contributed by atoms with Crippen LogP contribution in [0.2, 0.25) is 0 Å². The van der Waals surface area contributed by atoms with Gasteiger partial charge in [0.1, 0.15) is 10.9 Å². The van der Waals surface area contributed by atoms with Gasteiger partial charge in [-0.25, -0.2) is 9.36 Å². The summed E-state index contributed by atoms with van der Waals surface area (Å²) in [6.07, 6.45) is 1.72. The Bertz CT molecular complexity index is 1020. The molecule has 0 spiro atoms. The first kappa shape index (κ1) is 15.9. The minimum atomic E-state index is -0.548. The van der Waals surface area contributed by atoms with Crippen LogP contribution in [0.1, 0.15) is 29.8 Å². The second kappa shape index (κ2) is 5.92. The molecule has 3 aromatic heterocycles. The van der Waals surface area contributed by atoms with Gasteiger partial charge in [-0.15, -0.1) is 0 Å². The lowest BCUT2D eigenvalue weighted by Crippen LogP contribution is -2.41. The third-order valence-corrected chi connectivity index (χ3v) is 3.91. The number of anilines is 1. The Labute approximate surface area is 138 Å². The number of nitrogens with zero attached hydrogens (tertiary/aromatic N) is 3. The summed E-state index contributed by atoms with van der Waals surface area (Å²) in [6, 6.07) is 5.14. The molecule has 7 heteroatoms. The fourth-order valence-electron chi connectivity index (χ4n) is 2.75. The van der Waals surface area contributed by atoms with Gasteiger partial charge < -0.3 is 10.5 Å². The molecule has 2 N–H and O–H groups in total. The van der Waals surface area contributed by atoms with Gasteiger partial charge in [0.2, 0.25) is 11.5 Å². The number of nitrogens with two attached hydrogens (primary N) is 1. The van der Waals surface area contributed by atoms with Crippen LogP contribution in [0.15, 0.2) is 29.2 Å². The summed E-state index contributed by atoms with van der Waals surface area (Å²) >= 11 is 0. The summed E-state index contributed by atoms with van der Waals surface area (Å²) in [5, 5.41) is 0.331. The molecule has 0 bridgehead atoms. The van der Waals surface area contributed by atoms with Crippen molar-refractivity contribution >= 4 is 28.5 Å². The van der Waals surface area contributed by atoms with Gasteiger partial charge in [-0.2, -0.15) is 0 Å². The van der Waals surface area contributed by atoms with Crippen molar-refractivity contribution in [3.05, 3.63) is 45.9 Å². The van der Waals surface area contributed by atoms with Crippen LogP contribution in [0, 0.1) is 6.92 Å². The lowest BCUT2D eigenvalue weighted by atomic mass is 10.2. The highest BCUT2D eigenvalue weighted by molar-refractivity contribution is 5.96. The molecule has 0 fully saturated rings.